The van der Waals surface area contributed by atoms with Crippen LogP contribution in [0.25, 0.3) is 22.3 Å². The van der Waals surface area contributed by atoms with E-state index in [1.807, 2.05) is 0 Å². The Labute approximate surface area is 299 Å². The number of rotatable bonds is 1. The highest BCUT2D eigenvalue weighted by atomic mass is 16.5. The Bertz CT molecular complexity index is 2600. The molecule has 11 rings (SSSR count). The number of nitrogens with zero attached hydrogens (tertiary/aromatic N) is 1. The van der Waals surface area contributed by atoms with Crippen molar-refractivity contribution >= 4 is 17.1 Å². The fraction of sp³-hybridized carbons (Fsp3) is 0.143. The minimum absolute atomic E-state index is 0.110. The summed E-state index contributed by atoms with van der Waals surface area (Å²) in [7, 11) is 0. The van der Waals surface area contributed by atoms with Crippen LogP contribution >= 0.6 is 0 Å². The molecule has 2 aliphatic carbocycles. The van der Waals surface area contributed by atoms with Gasteiger partial charge in [0, 0.05) is 27.6 Å². The number of hydrogen-bond donors (Lipinski definition) is 0. The van der Waals surface area contributed by atoms with Crippen molar-refractivity contribution in [2.24, 2.45) is 0 Å². The molecular formula is C49H37NO. The summed E-state index contributed by atoms with van der Waals surface area (Å²) in [5.74, 6) is 1.81. The van der Waals surface area contributed by atoms with E-state index in [0.717, 1.165) is 11.5 Å². The van der Waals surface area contributed by atoms with Gasteiger partial charge >= 0.3 is 0 Å². The predicted molar refractivity (Wildman–Crippen MR) is 208 cm³/mol. The molecule has 0 atom stereocenters. The van der Waals surface area contributed by atoms with Crippen LogP contribution in [-0.2, 0) is 16.2 Å². The van der Waals surface area contributed by atoms with Crippen molar-refractivity contribution in [3.05, 3.63) is 196 Å². The monoisotopic (exact) mass is 655 g/mol. The van der Waals surface area contributed by atoms with Crippen LogP contribution in [-0.4, -0.2) is 0 Å². The first-order chi connectivity index (χ1) is 24.8. The lowest BCUT2D eigenvalue weighted by atomic mass is 9.60. The number of fused-ring (bicyclic) bond motifs is 14. The third-order valence-corrected chi connectivity index (χ3v) is 12.5. The molecule has 51 heavy (non-hydrogen) atoms. The van der Waals surface area contributed by atoms with Crippen LogP contribution in [0.4, 0.5) is 17.1 Å². The summed E-state index contributed by atoms with van der Waals surface area (Å²) in [6.07, 6.45) is 0. The van der Waals surface area contributed by atoms with Crippen molar-refractivity contribution in [3.8, 4) is 33.8 Å². The van der Waals surface area contributed by atoms with Crippen LogP contribution in [0.15, 0.2) is 152 Å². The minimum atomic E-state index is -0.600. The van der Waals surface area contributed by atoms with E-state index >= 15 is 0 Å². The molecule has 0 fully saturated rings. The first kappa shape index (κ1) is 28.9. The number of benzene rings is 7. The molecule has 244 valence electrons. The summed E-state index contributed by atoms with van der Waals surface area (Å²) in [5.41, 5.74) is 18.4. The third kappa shape index (κ3) is 3.48. The molecule has 0 aromatic heterocycles. The Morgan fingerprint density at radius 1 is 0.373 bits per heavy atom. The van der Waals surface area contributed by atoms with Crippen molar-refractivity contribution < 1.29 is 4.74 Å². The lowest BCUT2D eigenvalue weighted by Gasteiger charge is -2.49. The van der Waals surface area contributed by atoms with E-state index in [4.69, 9.17) is 4.74 Å². The van der Waals surface area contributed by atoms with Crippen LogP contribution in [0, 0.1) is 0 Å². The average molecular weight is 656 g/mol. The number of para-hydroxylation sites is 3. The summed E-state index contributed by atoms with van der Waals surface area (Å²) < 4.78 is 6.72. The van der Waals surface area contributed by atoms with Gasteiger partial charge in [0.15, 0.2) is 0 Å². The molecule has 7 aromatic rings. The van der Waals surface area contributed by atoms with Gasteiger partial charge in [0.25, 0.3) is 0 Å². The first-order valence-corrected chi connectivity index (χ1v) is 18.1. The zero-order valence-corrected chi connectivity index (χ0v) is 29.3. The second kappa shape index (κ2) is 9.68. The zero-order valence-electron chi connectivity index (χ0n) is 29.3. The van der Waals surface area contributed by atoms with Crippen molar-refractivity contribution in [2.75, 3.05) is 4.90 Å². The van der Waals surface area contributed by atoms with Gasteiger partial charge in [-0.05, 0) is 98.1 Å². The van der Waals surface area contributed by atoms with Gasteiger partial charge in [-0.2, -0.15) is 0 Å². The quantitative estimate of drug-likeness (QED) is 0.174. The van der Waals surface area contributed by atoms with Crippen LogP contribution in [0.3, 0.4) is 0 Å². The third-order valence-electron chi connectivity index (χ3n) is 12.5. The van der Waals surface area contributed by atoms with Crippen LogP contribution in [0.5, 0.6) is 11.5 Å². The number of ether oxygens (including phenoxy) is 1. The highest BCUT2D eigenvalue weighted by Gasteiger charge is 2.52. The van der Waals surface area contributed by atoms with E-state index in [9.17, 15) is 0 Å². The van der Waals surface area contributed by atoms with E-state index in [-0.39, 0.29) is 10.8 Å². The smallest absolute Gasteiger partial charge is 0.132 e. The SMILES string of the molecule is CC1(C)c2ccccc2-c2ccc(N3c4ccccc4C4(c5ccccc5Oc5ccccc54)c4cc5c(cc43)C(C)(C)c3ccccc3-5)cc21. The number of anilines is 3. The van der Waals surface area contributed by atoms with E-state index in [0.29, 0.717) is 0 Å². The van der Waals surface area contributed by atoms with Gasteiger partial charge in [-0.15, -0.1) is 0 Å². The summed E-state index contributed by atoms with van der Waals surface area (Å²) >= 11 is 0. The van der Waals surface area contributed by atoms with Crippen molar-refractivity contribution in [1.29, 1.82) is 0 Å². The van der Waals surface area contributed by atoms with Gasteiger partial charge < -0.3 is 9.64 Å². The molecule has 0 bridgehead atoms. The second-order valence-corrected chi connectivity index (χ2v) is 15.7. The molecule has 7 aromatic carbocycles. The van der Waals surface area contributed by atoms with Crippen LogP contribution < -0.4 is 9.64 Å². The zero-order chi connectivity index (χ0) is 34.3. The van der Waals surface area contributed by atoms with Gasteiger partial charge in [0.1, 0.15) is 11.5 Å². The predicted octanol–water partition coefficient (Wildman–Crippen LogP) is 12.6. The van der Waals surface area contributed by atoms with Gasteiger partial charge in [-0.25, -0.2) is 0 Å². The summed E-state index contributed by atoms with van der Waals surface area (Å²) in [5, 5.41) is 0. The highest BCUT2D eigenvalue weighted by Crippen LogP contribution is 2.65. The Hall–Kier alpha value is -5.86. The van der Waals surface area contributed by atoms with Gasteiger partial charge in [0.05, 0.1) is 16.8 Å². The highest BCUT2D eigenvalue weighted by molar-refractivity contribution is 5.96. The summed E-state index contributed by atoms with van der Waals surface area (Å²) in [6, 6.07) is 56.5. The molecular weight excluding hydrogens is 619 g/mol. The summed E-state index contributed by atoms with van der Waals surface area (Å²) in [6.45, 7) is 9.51. The maximum atomic E-state index is 6.72. The van der Waals surface area contributed by atoms with E-state index in [1.165, 1.54) is 83.8 Å². The fourth-order valence-electron chi connectivity index (χ4n) is 10.2. The minimum Gasteiger partial charge on any atom is -0.457 e. The van der Waals surface area contributed by atoms with Gasteiger partial charge in [-0.1, -0.05) is 137 Å². The Balaban J connectivity index is 1.28. The Kier molecular flexibility index (Phi) is 5.49. The van der Waals surface area contributed by atoms with Crippen LogP contribution in [0.1, 0.15) is 72.2 Å². The first-order valence-electron chi connectivity index (χ1n) is 18.1. The molecule has 2 aliphatic heterocycles. The maximum Gasteiger partial charge on any atom is 0.132 e. The van der Waals surface area contributed by atoms with Gasteiger partial charge in [0.2, 0.25) is 0 Å². The molecule has 4 aliphatic rings. The number of hydrogen-bond acceptors (Lipinski definition) is 2. The molecule has 0 radical (unpaired) electrons. The molecule has 0 saturated heterocycles. The lowest BCUT2D eigenvalue weighted by Crippen LogP contribution is -2.40. The standard InChI is InChI=1S/C49H37NO/c1-47(2)35-17-7-5-15-31(35)33-26-25-30(27-40(33)47)50-43-22-12-9-19-37(43)49(38-20-10-13-23-45(38)51-46-24-14-11-21-39(46)49)42-28-34-32-16-6-8-18-36(32)48(3,4)41(34)29-44(42)50/h5-29H,1-4H3. The Morgan fingerprint density at radius 3 is 1.51 bits per heavy atom. The maximum absolute atomic E-state index is 6.72. The molecule has 0 unspecified atom stereocenters. The van der Waals surface area contributed by atoms with E-state index in [1.54, 1.807) is 0 Å². The molecule has 2 nitrogen and oxygen atoms in total. The second-order valence-electron chi connectivity index (χ2n) is 15.7. The molecule has 0 saturated carbocycles. The largest absolute Gasteiger partial charge is 0.457 e. The lowest BCUT2D eigenvalue weighted by molar-refractivity contribution is 0.434. The molecule has 2 heteroatoms. The molecule has 1 spiro atoms. The topological polar surface area (TPSA) is 12.5 Å². The van der Waals surface area contributed by atoms with Crippen LogP contribution in [0.2, 0.25) is 0 Å². The van der Waals surface area contributed by atoms with Gasteiger partial charge in [-0.3, -0.25) is 0 Å². The van der Waals surface area contributed by atoms with E-state index in [2.05, 4.69) is 184 Å². The Morgan fingerprint density at radius 2 is 0.863 bits per heavy atom. The average Bonchev–Trinajstić information content (AvgIpc) is 3.53. The molecule has 0 N–H and O–H groups in total. The fourth-order valence-corrected chi connectivity index (χ4v) is 10.2. The van der Waals surface area contributed by atoms with E-state index < -0.39 is 5.41 Å². The van der Waals surface area contributed by atoms with Crippen molar-refractivity contribution in [2.45, 2.75) is 43.9 Å². The normalized spacial score (nSPS) is 16.8. The summed E-state index contributed by atoms with van der Waals surface area (Å²) in [4.78, 5) is 2.55. The molecule has 0 amide bonds. The van der Waals surface area contributed by atoms with Crippen molar-refractivity contribution in [1.82, 2.24) is 0 Å². The van der Waals surface area contributed by atoms with Crippen molar-refractivity contribution in [3.63, 3.8) is 0 Å². The molecule has 2 heterocycles.